The fraction of sp³-hybridized carbons (Fsp3) is 0.214. The van der Waals surface area contributed by atoms with Gasteiger partial charge in [0.1, 0.15) is 11.6 Å². The molecule has 0 aliphatic carbocycles. The molecule has 0 saturated heterocycles. The fourth-order valence-electron chi connectivity index (χ4n) is 1.76. The first-order chi connectivity index (χ1) is 9.31. The van der Waals surface area contributed by atoms with E-state index >= 15 is 0 Å². The molecule has 0 spiro atoms. The molecule has 0 radical (unpaired) electrons. The molecule has 0 aliphatic rings. The average molecular weight is 258 g/mol. The summed E-state index contributed by atoms with van der Waals surface area (Å²) in [6, 6.07) is 11.9. The van der Waals surface area contributed by atoms with Gasteiger partial charge in [-0.2, -0.15) is 0 Å². The Kier molecular flexibility index (Phi) is 4.58. The van der Waals surface area contributed by atoms with Crippen LogP contribution in [-0.4, -0.2) is 18.6 Å². The molecule has 1 aromatic heterocycles. The highest BCUT2D eigenvalue weighted by Crippen LogP contribution is 2.13. The summed E-state index contributed by atoms with van der Waals surface area (Å²) < 4.78 is 5.13. The van der Waals surface area contributed by atoms with Gasteiger partial charge < -0.3 is 15.5 Å². The van der Waals surface area contributed by atoms with Crippen LogP contribution in [0.25, 0.3) is 0 Å². The predicted molar refractivity (Wildman–Crippen MR) is 77.2 cm³/mol. The molecule has 19 heavy (non-hydrogen) atoms. The first-order valence-electron chi connectivity index (χ1n) is 6.11. The lowest BCUT2D eigenvalue weighted by Crippen LogP contribution is -2.10. The molecule has 0 amide bonds. The first-order valence-corrected chi connectivity index (χ1v) is 6.11. The van der Waals surface area contributed by atoms with E-state index in [-0.39, 0.29) is 0 Å². The molecule has 0 bridgehead atoms. The number of nitrogens with two attached hydrogens (primary N) is 1. The summed E-state index contributed by atoms with van der Waals surface area (Å²) in [5, 5.41) is 3.33. The SMILES string of the molecule is COc1ccc(CCNc2ccnc(NN)c2)cc1. The molecule has 0 aliphatic heterocycles. The topological polar surface area (TPSA) is 72.2 Å². The number of hydrogen-bond acceptors (Lipinski definition) is 5. The minimum atomic E-state index is 0.648. The van der Waals surface area contributed by atoms with Crippen LogP contribution in [0, 0.1) is 0 Å². The molecule has 0 fully saturated rings. The Bertz CT molecular complexity index is 513. The van der Waals surface area contributed by atoms with E-state index in [9.17, 15) is 0 Å². The van der Waals surface area contributed by atoms with Crippen LogP contribution in [0.1, 0.15) is 5.56 Å². The molecule has 100 valence electrons. The number of hydrogen-bond donors (Lipinski definition) is 3. The lowest BCUT2D eigenvalue weighted by molar-refractivity contribution is 0.414. The second-order valence-electron chi connectivity index (χ2n) is 4.10. The molecule has 0 unspecified atom stereocenters. The van der Waals surface area contributed by atoms with Gasteiger partial charge in [-0.3, -0.25) is 0 Å². The van der Waals surface area contributed by atoms with Gasteiger partial charge in [0.25, 0.3) is 0 Å². The quantitative estimate of drug-likeness (QED) is 0.546. The summed E-state index contributed by atoms with van der Waals surface area (Å²) in [6.07, 6.45) is 2.66. The summed E-state index contributed by atoms with van der Waals surface area (Å²) >= 11 is 0. The monoisotopic (exact) mass is 258 g/mol. The Morgan fingerprint density at radius 2 is 2.00 bits per heavy atom. The Morgan fingerprint density at radius 3 is 2.68 bits per heavy atom. The first kappa shape index (κ1) is 13.2. The number of pyridine rings is 1. The van der Waals surface area contributed by atoms with Gasteiger partial charge in [0.05, 0.1) is 7.11 Å². The number of hydrazine groups is 1. The van der Waals surface area contributed by atoms with Crippen LogP contribution in [-0.2, 0) is 6.42 Å². The van der Waals surface area contributed by atoms with Gasteiger partial charge >= 0.3 is 0 Å². The minimum absolute atomic E-state index is 0.648. The zero-order valence-electron chi connectivity index (χ0n) is 10.9. The summed E-state index contributed by atoms with van der Waals surface area (Å²) in [6.45, 7) is 0.848. The van der Waals surface area contributed by atoms with Crippen molar-refractivity contribution in [3.05, 3.63) is 48.2 Å². The lowest BCUT2D eigenvalue weighted by Gasteiger charge is -2.08. The summed E-state index contributed by atoms with van der Waals surface area (Å²) in [5.74, 6) is 6.84. The van der Waals surface area contributed by atoms with Crippen LogP contribution in [0.4, 0.5) is 11.5 Å². The van der Waals surface area contributed by atoms with Crippen molar-refractivity contribution in [3.8, 4) is 5.75 Å². The predicted octanol–water partition coefficient (Wildman–Crippen LogP) is 2.03. The van der Waals surface area contributed by atoms with Gasteiger partial charge in [0, 0.05) is 24.5 Å². The third-order valence-electron chi connectivity index (χ3n) is 2.81. The Hall–Kier alpha value is -2.27. The smallest absolute Gasteiger partial charge is 0.141 e. The van der Waals surface area contributed by atoms with Crippen LogP contribution in [0.3, 0.4) is 0 Å². The highest BCUT2D eigenvalue weighted by Gasteiger charge is 1.97. The molecule has 1 aromatic carbocycles. The van der Waals surface area contributed by atoms with Crippen molar-refractivity contribution in [2.24, 2.45) is 5.84 Å². The molecule has 5 nitrogen and oxygen atoms in total. The number of rotatable bonds is 6. The van der Waals surface area contributed by atoms with Gasteiger partial charge in [-0.25, -0.2) is 10.8 Å². The average Bonchev–Trinajstić information content (AvgIpc) is 2.48. The molecule has 0 saturated carbocycles. The van der Waals surface area contributed by atoms with Crippen LogP contribution in [0.2, 0.25) is 0 Å². The molecule has 5 heteroatoms. The second kappa shape index (κ2) is 6.61. The van der Waals surface area contributed by atoms with Crippen LogP contribution >= 0.6 is 0 Å². The summed E-state index contributed by atoms with van der Waals surface area (Å²) in [7, 11) is 1.67. The third-order valence-corrected chi connectivity index (χ3v) is 2.81. The van der Waals surface area contributed by atoms with Gasteiger partial charge in [-0.15, -0.1) is 0 Å². The van der Waals surface area contributed by atoms with Crippen LogP contribution in [0.15, 0.2) is 42.6 Å². The number of nitrogens with zero attached hydrogens (tertiary/aromatic N) is 1. The summed E-state index contributed by atoms with van der Waals surface area (Å²) in [5.41, 5.74) is 4.78. The van der Waals surface area contributed by atoms with Gasteiger partial charge in [-0.1, -0.05) is 12.1 Å². The molecular weight excluding hydrogens is 240 g/mol. The maximum absolute atomic E-state index is 5.31. The van der Waals surface area contributed by atoms with E-state index in [0.717, 1.165) is 24.4 Å². The number of nitrogens with one attached hydrogen (secondary N) is 2. The van der Waals surface area contributed by atoms with Crippen molar-refractivity contribution in [2.45, 2.75) is 6.42 Å². The molecule has 4 N–H and O–H groups in total. The van der Waals surface area contributed by atoms with Gasteiger partial charge in [0.15, 0.2) is 0 Å². The zero-order valence-corrected chi connectivity index (χ0v) is 10.9. The lowest BCUT2D eigenvalue weighted by atomic mass is 10.1. The van der Waals surface area contributed by atoms with Crippen molar-refractivity contribution < 1.29 is 4.74 Å². The van der Waals surface area contributed by atoms with Crippen molar-refractivity contribution in [1.29, 1.82) is 0 Å². The number of nitrogen functional groups attached to an aromatic ring is 1. The molecule has 0 atom stereocenters. The Balaban J connectivity index is 1.85. The standard InChI is InChI=1S/C14H18N4O/c1-19-13-4-2-11(3-5-13)6-8-16-12-7-9-17-14(10-12)18-15/h2-5,7,9-10H,6,8,15H2,1H3,(H2,16,17,18). The van der Waals surface area contributed by atoms with E-state index in [1.54, 1.807) is 13.3 Å². The maximum atomic E-state index is 5.31. The third kappa shape index (κ3) is 3.86. The number of benzene rings is 1. The van der Waals surface area contributed by atoms with Crippen LogP contribution < -0.4 is 21.3 Å². The van der Waals surface area contributed by atoms with E-state index in [0.29, 0.717) is 5.82 Å². The fourth-order valence-corrected chi connectivity index (χ4v) is 1.76. The number of aromatic nitrogens is 1. The number of anilines is 2. The van der Waals surface area contributed by atoms with E-state index < -0.39 is 0 Å². The number of methoxy groups -OCH3 is 1. The van der Waals surface area contributed by atoms with Crippen molar-refractivity contribution in [2.75, 3.05) is 24.4 Å². The second-order valence-corrected chi connectivity index (χ2v) is 4.10. The van der Waals surface area contributed by atoms with E-state index in [4.69, 9.17) is 10.6 Å². The van der Waals surface area contributed by atoms with E-state index in [1.807, 2.05) is 24.3 Å². The van der Waals surface area contributed by atoms with E-state index in [1.165, 1.54) is 5.56 Å². The normalized spacial score (nSPS) is 10.0. The summed E-state index contributed by atoms with van der Waals surface area (Å²) in [4.78, 5) is 4.05. The Morgan fingerprint density at radius 1 is 1.21 bits per heavy atom. The van der Waals surface area contributed by atoms with Crippen molar-refractivity contribution in [1.82, 2.24) is 4.98 Å². The van der Waals surface area contributed by atoms with Crippen molar-refractivity contribution >= 4 is 11.5 Å². The highest BCUT2D eigenvalue weighted by atomic mass is 16.5. The van der Waals surface area contributed by atoms with Crippen molar-refractivity contribution in [3.63, 3.8) is 0 Å². The van der Waals surface area contributed by atoms with Gasteiger partial charge in [0.2, 0.25) is 0 Å². The molecular formula is C14H18N4O. The number of ether oxygens (including phenoxy) is 1. The highest BCUT2D eigenvalue weighted by molar-refractivity contribution is 5.51. The largest absolute Gasteiger partial charge is 0.497 e. The molecule has 2 aromatic rings. The van der Waals surface area contributed by atoms with Gasteiger partial charge in [-0.05, 0) is 30.2 Å². The van der Waals surface area contributed by atoms with E-state index in [2.05, 4.69) is 27.9 Å². The molecule has 2 rings (SSSR count). The Labute approximate surface area is 112 Å². The zero-order chi connectivity index (χ0) is 13.5. The maximum Gasteiger partial charge on any atom is 0.141 e. The van der Waals surface area contributed by atoms with Crippen LogP contribution in [0.5, 0.6) is 5.75 Å². The molecule has 1 heterocycles. The minimum Gasteiger partial charge on any atom is -0.497 e.